The Kier molecular flexibility index (Phi) is 1.99. The Balaban J connectivity index is 1.86. The molecule has 2 bridgehead atoms. The maximum absolute atomic E-state index is 5.77. The van der Waals surface area contributed by atoms with Gasteiger partial charge < -0.3 is 5.32 Å². The molecule has 2 aliphatic rings. The van der Waals surface area contributed by atoms with E-state index in [9.17, 15) is 0 Å². The third-order valence-electron chi connectivity index (χ3n) is 3.51. The number of fused-ring (bicyclic) bond motifs is 2. The first kappa shape index (κ1) is 8.69. The molecule has 3 heteroatoms. The molecule has 1 saturated carbocycles. The molecule has 1 saturated heterocycles. The molecule has 2 fully saturated rings. The molecule has 2 heterocycles. The van der Waals surface area contributed by atoms with Gasteiger partial charge in [0.05, 0.1) is 0 Å². The molecule has 0 aromatic carbocycles. The quantitative estimate of drug-likeness (QED) is 0.716. The number of piperidine rings is 1. The van der Waals surface area contributed by atoms with E-state index in [1.807, 2.05) is 12.3 Å². The molecule has 1 aliphatic carbocycles. The molecule has 0 spiro atoms. The number of nitrogens with one attached hydrogen (secondary N) is 1. The molecule has 74 valence electrons. The highest BCUT2D eigenvalue weighted by atomic mass is 35.5. The van der Waals surface area contributed by atoms with Crippen molar-refractivity contribution in [1.82, 2.24) is 10.3 Å². The Bertz CT molecular complexity index is 336. The summed E-state index contributed by atoms with van der Waals surface area (Å²) in [5, 5.41) is 4.15. The van der Waals surface area contributed by atoms with Crippen LogP contribution in [-0.2, 0) is 0 Å². The van der Waals surface area contributed by atoms with Crippen molar-refractivity contribution in [3.8, 4) is 0 Å². The minimum atomic E-state index is 0.588. The van der Waals surface area contributed by atoms with Crippen LogP contribution in [0.4, 0.5) is 0 Å². The van der Waals surface area contributed by atoms with Crippen LogP contribution in [0.2, 0.25) is 5.15 Å². The van der Waals surface area contributed by atoms with Crippen LogP contribution in [0.3, 0.4) is 0 Å². The summed E-state index contributed by atoms with van der Waals surface area (Å²) in [5.41, 5.74) is 1.34. The van der Waals surface area contributed by atoms with Crippen LogP contribution < -0.4 is 5.32 Å². The van der Waals surface area contributed by atoms with E-state index < -0.39 is 0 Å². The molecule has 3 atom stereocenters. The number of rotatable bonds is 1. The van der Waals surface area contributed by atoms with Gasteiger partial charge in [0, 0.05) is 18.2 Å². The van der Waals surface area contributed by atoms with E-state index in [4.69, 9.17) is 11.6 Å². The van der Waals surface area contributed by atoms with Gasteiger partial charge in [-0.3, -0.25) is 0 Å². The standard InChI is InChI=1S/C11H13ClN2/c12-11-2-1-8(6-14-11)9-3-7-4-10(9)13-5-7/h1-2,6-7,9-10,13H,3-5H2/t7-,9-,10-/m0/s1. The van der Waals surface area contributed by atoms with E-state index in [0.29, 0.717) is 17.1 Å². The monoisotopic (exact) mass is 208 g/mol. The second-order valence-electron chi connectivity index (χ2n) is 4.37. The second-order valence-corrected chi connectivity index (χ2v) is 4.76. The third kappa shape index (κ3) is 1.33. The largest absolute Gasteiger partial charge is 0.313 e. The zero-order valence-corrected chi connectivity index (χ0v) is 8.67. The van der Waals surface area contributed by atoms with Crippen molar-refractivity contribution in [3.05, 3.63) is 29.0 Å². The van der Waals surface area contributed by atoms with Gasteiger partial charge in [-0.15, -0.1) is 0 Å². The van der Waals surface area contributed by atoms with Crippen LogP contribution in [0, 0.1) is 5.92 Å². The van der Waals surface area contributed by atoms with Crippen LogP contribution in [0.15, 0.2) is 18.3 Å². The van der Waals surface area contributed by atoms with E-state index in [-0.39, 0.29) is 0 Å². The molecule has 1 aliphatic heterocycles. The molecule has 1 N–H and O–H groups in total. The highest BCUT2D eigenvalue weighted by molar-refractivity contribution is 6.29. The van der Waals surface area contributed by atoms with Gasteiger partial charge in [-0.1, -0.05) is 17.7 Å². The van der Waals surface area contributed by atoms with Gasteiger partial charge in [0.1, 0.15) is 5.15 Å². The van der Waals surface area contributed by atoms with Crippen LogP contribution in [0.1, 0.15) is 24.3 Å². The molecule has 3 rings (SSSR count). The lowest BCUT2D eigenvalue weighted by atomic mass is 9.93. The Morgan fingerprint density at radius 3 is 2.86 bits per heavy atom. The van der Waals surface area contributed by atoms with Gasteiger partial charge in [-0.05, 0) is 36.9 Å². The Hall–Kier alpha value is -0.600. The topological polar surface area (TPSA) is 24.9 Å². The van der Waals surface area contributed by atoms with Crippen LogP contribution >= 0.6 is 11.6 Å². The van der Waals surface area contributed by atoms with Gasteiger partial charge in [0.25, 0.3) is 0 Å². The van der Waals surface area contributed by atoms with Gasteiger partial charge in [0.2, 0.25) is 0 Å². The molecule has 0 unspecified atom stereocenters. The van der Waals surface area contributed by atoms with E-state index in [1.165, 1.54) is 24.9 Å². The van der Waals surface area contributed by atoms with E-state index in [2.05, 4.69) is 16.4 Å². The minimum Gasteiger partial charge on any atom is -0.313 e. The lowest BCUT2D eigenvalue weighted by Gasteiger charge is -2.22. The second kappa shape index (κ2) is 3.21. The Morgan fingerprint density at radius 1 is 1.36 bits per heavy atom. The number of hydrogen-bond donors (Lipinski definition) is 1. The predicted octanol–water partition coefficient (Wildman–Crippen LogP) is 2.20. The lowest BCUT2D eigenvalue weighted by molar-refractivity contribution is 0.448. The summed E-state index contributed by atoms with van der Waals surface area (Å²) in [5.74, 6) is 1.55. The van der Waals surface area contributed by atoms with E-state index >= 15 is 0 Å². The summed E-state index contributed by atoms with van der Waals surface area (Å²) in [4.78, 5) is 4.14. The first-order chi connectivity index (χ1) is 6.83. The minimum absolute atomic E-state index is 0.588. The lowest BCUT2D eigenvalue weighted by Crippen LogP contribution is -2.31. The third-order valence-corrected chi connectivity index (χ3v) is 3.73. The van der Waals surface area contributed by atoms with Crippen molar-refractivity contribution in [1.29, 1.82) is 0 Å². The fourth-order valence-electron chi connectivity index (χ4n) is 2.83. The molecule has 0 amide bonds. The van der Waals surface area contributed by atoms with E-state index in [0.717, 1.165) is 5.92 Å². The molecule has 1 aromatic heterocycles. The van der Waals surface area contributed by atoms with Crippen molar-refractivity contribution in [2.45, 2.75) is 24.8 Å². The van der Waals surface area contributed by atoms with Crippen molar-refractivity contribution >= 4 is 11.6 Å². The van der Waals surface area contributed by atoms with Crippen LogP contribution in [-0.4, -0.2) is 17.6 Å². The molecular formula is C11H13ClN2. The Morgan fingerprint density at radius 2 is 2.29 bits per heavy atom. The van der Waals surface area contributed by atoms with Crippen molar-refractivity contribution in [3.63, 3.8) is 0 Å². The SMILES string of the molecule is Clc1ccc([C@@H]2C[C@@H]3CN[C@H]2C3)cn1. The number of aromatic nitrogens is 1. The maximum Gasteiger partial charge on any atom is 0.129 e. The zero-order valence-electron chi connectivity index (χ0n) is 7.91. The summed E-state index contributed by atoms with van der Waals surface area (Å²) in [6, 6.07) is 4.69. The highest BCUT2D eigenvalue weighted by Crippen LogP contribution is 2.42. The number of nitrogens with zero attached hydrogens (tertiary/aromatic N) is 1. The average molecular weight is 209 g/mol. The van der Waals surface area contributed by atoms with Crippen LogP contribution in [0.25, 0.3) is 0 Å². The fourth-order valence-corrected chi connectivity index (χ4v) is 2.94. The van der Waals surface area contributed by atoms with E-state index in [1.54, 1.807) is 0 Å². The van der Waals surface area contributed by atoms with Crippen molar-refractivity contribution < 1.29 is 0 Å². The number of halogens is 1. The smallest absolute Gasteiger partial charge is 0.129 e. The summed E-state index contributed by atoms with van der Waals surface area (Å²) >= 11 is 5.77. The van der Waals surface area contributed by atoms with Gasteiger partial charge in [-0.25, -0.2) is 4.98 Å². The summed E-state index contributed by atoms with van der Waals surface area (Å²) in [7, 11) is 0. The Labute approximate surface area is 88.7 Å². The first-order valence-corrected chi connectivity index (χ1v) is 5.55. The summed E-state index contributed by atoms with van der Waals surface area (Å²) in [6.07, 6.45) is 4.59. The summed E-state index contributed by atoms with van der Waals surface area (Å²) in [6.45, 7) is 1.21. The molecule has 1 aromatic rings. The number of hydrogen-bond acceptors (Lipinski definition) is 2. The normalized spacial score (nSPS) is 35.1. The first-order valence-electron chi connectivity index (χ1n) is 5.18. The molecule has 14 heavy (non-hydrogen) atoms. The highest BCUT2D eigenvalue weighted by Gasteiger charge is 2.39. The zero-order chi connectivity index (χ0) is 9.54. The average Bonchev–Trinajstić information content (AvgIpc) is 2.80. The van der Waals surface area contributed by atoms with Gasteiger partial charge in [-0.2, -0.15) is 0 Å². The van der Waals surface area contributed by atoms with Gasteiger partial charge in [0.15, 0.2) is 0 Å². The predicted molar refractivity (Wildman–Crippen MR) is 56.5 cm³/mol. The van der Waals surface area contributed by atoms with Crippen molar-refractivity contribution in [2.75, 3.05) is 6.54 Å². The molecular weight excluding hydrogens is 196 g/mol. The fraction of sp³-hybridized carbons (Fsp3) is 0.545. The number of pyridine rings is 1. The molecule has 2 nitrogen and oxygen atoms in total. The molecule has 0 radical (unpaired) electrons. The van der Waals surface area contributed by atoms with Crippen LogP contribution in [0.5, 0.6) is 0 Å². The van der Waals surface area contributed by atoms with Gasteiger partial charge >= 0.3 is 0 Å². The van der Waals surface area contributed by atoms with Crippen molar-refractivity contribution in [2.24, 2.45) is 5.92 Å². The maximum atomic E-state index is 5.77. The summed E-state index contributed by atoms with van der Waals surface area (Å²) < 4.78 is 0.